The summed E-state index contributed by atoms with van der Waals surface area (Å²) in [4.78, 5) is 3.90. The zero-order valence-electron chi connectivity index (χ0n) is 9.20. The summed E-state index contributed by atoms with van der Waals surface area (Å²) < 4.78 is 1.65. The van der Waals surface area contributed by atoms with E-state index in [-0.39, 0.29) is 0 Å². The molecule has 0 spiro atoms. The molecule has 0 saturated carbocycles. The first-order valence-corrected chi connectivity index (χ1v) is 4.97. The Labute approximate surface area is 98.9 Å². The maximum absolute atomic E-state index is 9.15. The minimum Gasteiger partial charge on any atom is -0.423 e. The van der Waals surface area contributed by atoms with Gasteiger partial charge in [-0.2, -0.15) is 5.10 Å². The summed E-state index contributed by atoms with van der Waals surface area (Å²) in [6.07, 6.45) is 6.40. The van der Waals surface area contributed by atoms with Gasteiger partial charge in [-0.3, -0.25) is 9.67 Å². The topological polar surface area (TPSA) is 71.2 Å². The van der Waals surface area contributed by atoms with Crippen LogP contribution in [-0.2, 0) is 7.05 Å². The van der Waals surface area contributed by atoms with E-state index in [9.17, 15) is 0 Å². The Balaban J connectivity index is 2.33. The Bertz CT molecular complexity index is 584. The molecule has 0 amide bonds. The van der Waals surface area contributed by atoms with Crippen LogP contribution in [0.5, 0.6) is 0 Å². The summed E-state index contributed by atoms with van der Waals surface area (Å²) in [6, 6.07) is 1.53. The highest BCUT2D eigenvalue weighted by Gasteiger charge is 2.14. The molecule has 0 aliphatic carbocycles. The molecule has 2 aromatic rings. The maximum Gasteiger partial charge on any atom is 0.489 e. The monoisotopic (exact) mass is 227 g/mol. The van der Waals surface area contributed by atoms with Gasteiger partial charge >= 0.3 is 7.12 Å². The molecule has 5 nitrogen and oxygen atoms in total. The molecule has 2 heterocycles. The molecule has 0 aliphatic rings. The third kappa shape index (κ3) is 2.72. The smallest absolute Gasteiger partial charge is 0.423 e. The molecule has 0 aromatic carbocycles. The van der Waals surface area contributed by atoms with Crippen molar-refractivity contribution in [1.82, 2.24) is 14.8 Å². The SMILES string of the molecule is Cn1cc(C#Cc2cnccc2B(O)O)cn1. The van der Waals surface area contributed by atoms with Crippen molar-refractivity contribution in [2.75, 3.05) is 0 Å². The van der Waals surface area contributed by atoms with Crippen LogP contribution in [0, 0.1) is 11.8 Å². The molecule has 0 atom stereocenters. The van der Waals surface area contributed by atoms with Crippen LogP contribution in [0.1, 0.15) is 11.1 Å². The average molecular weight is 227 g/mol. The van der Waals surface area contributed by atoms with Gasteiger partial charge in [-0.05, 0) is 6.07 Å². The van der Waals surface area contributed by atoms with Crippen LogP contribution in [0.4, 0.5) is 0 Å². The van der Waals surface area contributed by atoms with E-state index in [0.717, 1.165) is 5.56 Å². The van der Waals surface area contributed by atoms with Crippen LogP contribution in [0.3, 0.4) is 0 Å². The number of hydrogen-bond acceptors (Lipinski definition) is 4. The Morgan fingerprint density at radius 2 is 2.12 bits per heavy atom. The molecule has 0 unspecified atom stereocenters. The van der Waals surface area contributed by atoms with E-state index in [4.69, 9.17) is 10.0 Å². The van der Waals surface area contributed by atoms with E-state index in [1.165, 1.54) is 18.5 Å². The number of hydrogen-bond donors (Lipinski definition) is 2. The normalized spacial score (nSPS) is 9.59. The van der Waals surface area contributed by atoms with E-state index in [0.29, 0.717) is 11.0 Å². The van der Waals surface area contributed by atoms with Gasteiger partial charge in [-0.15, -0.1) is 0 Å². The molecule has 0 bridgehead atoms. The fourth-order valence-electron chi connectivity index (χ4n) is 1.36. The van der Waals surface area contributed by atoms with Gasteiger partial charge in [0, 0.05) is 36.7 Å². The molecule has 0 fully saturated rings. The van der Waals surface area contributed by atoms with Crippen molar-refractivity contribution in [2.45, 2.75) is 0 Å². The van der Waals surface area contributed by atoms with Gasteiger partial charge in [0.1, 0.15) is 0 Å². The first-order chi connectivity index (χ1) is 8.16. The lowest BCUT2D eigenvalue weighted by atomic mass is 9.78. The summed E-state index contributed by atoms with van der Waals surface area (Å²) in [5.41, 5.74) is 1.59. The quantitative estimate of drug-likeness (QED) is 0.479. The summed E-state index contributed by atoms with van der Waals surface area (Å²) >= 11 is 0. The number of pyridine rings is 1. The summed E-state index contributed by atoms with van der Waals surface area (Å²) in [7, 11) is 0.259. The zero-order chi connectivity index (χ0) is 12.3. The van der Waals surface area contributed by atoms with E-state index in [2.05, 4.69) is 21.9 Å². The van der Waals surface area contributed by atoms with Gasteiger partial charge < -0.3 is 10.0 Å². The second-order valence-electron chi connectivity index (χ2n) is 3.49. The van der Waals surface area contributed by atoms with Crippen LogP contribution in [0.25, 0.3) is 0 Å². The van der Waals surface area contributed by atoms with Crippen molar-refractivity contribution in [3.8, 4) is 11.8 Å². The summed E-state index contributed by atoms with van der Waals surface area (Å²) in [5, 5.41) is 22.3. The lowest BCUT2D eigenvalue weighted by Gasteiger charge is -2.00. The molecule has 2 rings (SSSR count). The summed E-state index contributed by atoms with van der Waals surface area (Å²) in [5.74, 6) is 5.72. The van der Waals surface area contributed by atoms with Gasteiger partial charge in [-0.25, -0.2) is 0 Å². The number of aromatic nitrogens is 3. The Morgan fingerprint density at radius 3 is 2.76 bits per heavy atom. The first-order valence-electron chi connectivity index (χ1n) is 4.97. The fourth-order valence-corrected chi connectivity index (χ4v) is 1.36. The van der Waals surface area contributed by atoms with Crippen molar-refractivity contribution in [1.29, 1.82) is 0 Å². The summed E-state index contributed by atoms with van der Waals surface area (Å²) in [6.45, 7) is 0. The number of rotatable bonds is 1. The van der Waals surface area contributed by atoms with Crippen LogP contribution < -0.4 is 5.46 Å². The van der Waals surface area contributed by atoms with E-state index >= 15 is 0 Å². The van der Waals surface area contributed by atoms with Gasteiger partial charge in [0.2, 0.25) is 0 Å². The fraction of sp³-hybridized carbons (Fsp3) is 0.0909. The predicted octanol–water partition coefficient (Wildman–Crippen LogP) is -1.11. The molecular weight excluding hydrogens is 217 g/mol. The average Bonchev–Trinajstić information content (AvgIpc) is 2.73. The van der Waals surface area contributed by atoms with E-state index in [1.54, 1.807) is 24.1 Å². The molecule has 84 valence electrons. The van der Waals surface area contributed by atoms with Crippen LogP contribution >= 0.6 is 0 Å². The third-order valence-corrected chi connectivity index (χ3v) is 2.18. The Morgan fingerprint density at radius 1 is 1.29 bits per heavy atom. The van der Waals surface area contributed by atoms with Crippen LogP contribution in [0.15, 0.2) is 30.9 Å². The second kappa shape index (κ2) is 4.83. The van der Waals surface area contributed by atoms with Crippen molar-refractivity contribution in [2.24, 2.45) is 7.05 Å². The molecule has 0 radical (unpaired) electrons. The molecule has 2 N–H and O–H groups in total. The van der Waals surface area contributed by atoms with Gasteiger partial charge in [0.05, 0.1) is 11.8 Å². The van der Waals surface area contributed by atoms with Crippen molar-refractivity contribution < 1.29 is 10.0 Å². The van der Waals surface area contributed by atoms with E-state index in [1.807, 2.05) is 0 Å². The van der Waals surface area contributed by atoms with Crippen molar-refractivity contribution in [3.63, 3.8) is 0 Å². The molecule has 0 aliphatic heterocycles. The highest BCUT2D eigenvalue weighted by Crippen LogP contribution is 1.96. The molecule has 2 aromatic heterocycles. The Kier molecular flexibility index (Phi) is 3.23. The standard InChI is InChI=1S/C11H10BN3O2/c1-15-8-9(6-14-15)2-3-10-7-13-5-4-11(10)12(16)17/h4-8,16-17H,1H3. The van der Waals surface area contributed by atoms with Crippen molar-refractivity contribution in [3.05, 3.63) is 42.0 Å². The highest BCUT2D eigenvalue weighted by molar-refractivity contribution is 6.59. The molecular formula is C11H10BN3O2. The van der Waals surface area contributed by atoms with Gasteiger partial charge in [0.25, 0.3) is 0 Å². The lowest BCUT2D eigenvalue weighted by Crippen LogP contribution is -2.32. The van der Waals surface area contributed by atoms with Gasteiger partial charge in [-0.1, -0.05) is 11.8 Å². The minimum atomic E-state index is -1.55. The number of aryl methyl sites for hydroxylation is 1. The Hall–Kier alpha value is -2.10. The molecule has 0 saturated heterocycles. The number of nitrogens with zero attached hydrogens (tertiary/aromatic N) is 3. The second-order valence-corrected chi connectivity index (χ2v) is 3.49. The molecule has 6 heteroatoms. The third-order valence-electron chi connectivity index (χ3n) is 2.18. The van der Waals surface area contributed by atoms with Crippen LogP contribution in [0.2, 0.25) is 0 Å². The maximum atomic E-state index is 9.15. The van der Waals surface area contributed by atoms with Crippen LogP contribution in [-0.4, -0.2) is 31.9 Å². The largest absolute Gasteiger partial charge is 0.489 e. The van der Waals surface area contributed by atoms with Gasteiger partial charge in [0.15, 0.2) is 0 Å². The predicted molar refractivity (Wildman–Crippen MR) is 63.3 cm³/mol. The lowest BCUT2D eigenvalue weighted by molar-refractivity contribution is 0.425. The molecule has 17 heavy (non-hydrogen) atoms. The zero-order valence-corrected chi connectivity index (χ0v) is 9.20. The van der Waals surface area contributed by atoms with Crippen molar-refractivity contribution >= 4 is 12.6 Å². The first kappa shape index (κ1) is 11.4. The highest BCUT2D eigenvalue weighted by atomic mass is 16.4. The van der Waals surface area contributed by atoms with E-state index < -0.39 is 7.12 Å². The minimum absolute atomic E-state index is 0.344.